The number of halogens is 6. The standard InChI is InChI=1S/C16H17F6N.C10H13NO2/c1-4-5-6-10(2)14(23-3)11-7-12(15(17,18)19)9-13(8-11)16(20,21)22;1-2-3-4-9(10(11)12)8-5-6-13-7-8/h4-5,7-10H,6H2,1-3H3;4-7H,2-3H2,1H3,(H2,11,12)/b5-4+,23-14?;9-4+. The van der Waals surface area contributed by atoms with Crippen LogP contribution in [0, 0.1) is 5.92 Å². The number of alkyl halides is 6. The van der Waals surface area contributed by atoms with Gasteiger partial charge in [0.25, 0.3) is 0 Å². The molecular formula is C26H30F6N2O2. The summed E-state index contributed by atoms with van der Waals surface area (Å²) >= 11 is 0. The molecule has 2 rings (SSSR count). The van der Waals surface area contributed by atoms with Crippen molar-refractivity contribution in [3.05, 3.63) is 77.3 Å². The summed E-state index contributed by atoms with van der Waals surface area (Å²) in [4.78, 5) is 14.9. The van der Waals surface area contributed by atoms with Gasteiger partial charge in [0.2, 0.25) is 5.91 Å². The van der Waals surface area contributed by atoms with E-state index in [2.05, 4.69) is 4.99 Å². The molecule has 1 amide bonds. The second kappa shape index (κ2) is 13.7. The third-order valence-electron chi connectivity index (χ3n) is 5.05. The summed E-state index contributed by atoms with van der Waals surface area (Å²) in [5.41, 5.74) is 3.89. The van der Waals surface area contributed by atoms with Crippen molar-refractivity contribution in [2.75, 3.05) is 7.05 Å². The molecule has 1 aromatic carbocycles. The SMILES string of the molecule is C/C=C/CC(C)C(=NC)c1cc(C(F)(F)F)cc(C(F)(F)F)c1.CCC/C=C(/C(N)=O)c1ccoc1. The normalized spacial score (nSPS) is 13.9. The van der Waals surface area contributed by atoms with E-state index in [1.54, 1.807) is 32.1 Å². The van der Waals surface area contributed by atoms with Gasteiger partial charge in [0.1, 0.15) is 0 Å². The van der Waals surface area contributed by atoms with Crippen LogP contribution in [0.15, 0.2) is 64.4 Å². The van der Waals surface area contributed by atoms with Gasteiger partial charge in [0, 0.05) is 29.8 Å². The Bertz CT molecular complexity index is 1030. The Balaban J connectivity index is 0.000000420. The number of carbonyl (C=O) groups is 1. The molecule has 1 aromatic heterocycles. The fourth-order valence-corrected chi connectivity index (χ4v) is 3.26. The number of furan rings is 1. The van der Waals surface area contributed by atoms with E-state index in [9.17, 15) is 31.1 Å². The maximum absolute atomic E-state index is 12.9. The van der Waals surface area contributed by atoms with Crippen LogP contribution in [0.4, 0.5) is 26.3 Å². The largest absolute Gasteiger partial charge is 0.472 e. The van der Waals surface area contributed by atoms with Crippen molar-refractivity contribution in [2.45, 2.75) is 52.4 Å². The fraction of sp³-hybridized carbons (Fsp3) is 0.385. The second-order valence-corrected chi connectivity index (χ2v) is 7.89. The minimum atomic E-state index is -4.86. The van der Waals surface area contributed by atoms with Crippen LogP contribution in [0.1, 0.15) is 62.3 Å². The molecule has 0 aliphatic rings. The van der Waals surface area contributed by atoms with E-state index in [-0.39, 0.29) is 23.3 Å². The lowest BCUT2D eigenvalue weighted by molar-refractivity contribution is -0.143. The van der Waals surface area contributed by atoms with Gasteiger partial charge in [-0.1, -0.05) is 38.5 Å². The second-order valence-electron chi connectivity index (χ2n) is 7.89. The first-order chi connectivity index (χ1) is 16.8. The molecule has 0 aliphatic heterocycles. The highest BCUT2D eigenvalue weighted by molar-refractivity contribution is 6.18. The van der Waals surface area contributed by atoms with Crippen LogP contribution in [0.3, 0.4) is 0 Å². The Morgan fingerprint density at radius 1 is 1.08 bits per heavy atom. The van der Waals surface area contributed by atoms with Crippen LogP contribution >= 0.6 is 0 Å². The summed E-state index contributed by atoms with van der Waals surface area (Å²) in [6.07, 6.45) is 1.03. The number of hydrogen-bond acceptors (Lipinski definition) is 3. The van der Waals surface area contributed by atoms with Crippen LogP contribution in [0.25, 0.3) is 5.57 Å². The van der Waals surface area contributed by atoms with Gasteiger partial charge in [-0.25, -0.2) is 0 Å². The molecule has 0 radical (unpaired) electrons. The topological polar surface area (TPSA) is 68.6 Å². The first kappa shape index (κ1) is 30.7. The Hall–Kier alpha value is -3.30. The smallest absolute Gasteiger partial charge is 0.416 e. The van der Waals surface area contributed by atoms with Crippen molar-refractivity contribution in [1.82, 2.24) is 0 Å². The number of nitrogens with zero attached hydrogens (tertiary/aromatic N) is 1. The summed E-state index contributed by atoms with van der Waals surface area (Å²) in [6, 6.07) is 3.27. The Labute approximate surface area is 206 Å². The predicted molar refractivity (Wildman–Crippen MR) is 128 cm³/mol. The van der Waals surface area contributed by atoms with Gasteiger partial charge in [-0.2, -0.15) is 26.3 Å². The number of carbonyl (C=O) groups excluding carboxylic acids is 1. The van der Waals surface area contributed by atoms with Gasteiger partial charge in [-0.15, -0.1) is 0 Å². The molecule has 1 heterocycles. The van der Waals surface area contributed by atoms with Gasteiger partial charge in [0.05, 0.1) is 23.7 Å². The van der Waals surface area contributed by atoms with Gasteiger partial charge in [-0.3, -0.25) is 9.79 Å². The monoisotopic (exact) mass is 516 g/mol. The lowest BCUT2D eigenvalue weighted by Gasteiger charge is -2.18. The number of allylic oxidation sites excluding steroid dienone is 3. The van der Waals surface area contributed by atoms with Crippen LogP contribution in [-0.4, -0.2) is 18.7 Å². The van der Waals surface area contributed by atoms with E-state index in [0.29, 0.717) is 24.1 Å². The van der Waals surface area contributed by atoms with E-state index < -0.39 is 29.4 Å². The summed E-state index contributed by atoms with van der Waals surface area (Å²) in [6.45, 7) is 5.53. The summed E-state index contributed by atoms with van der Waals surface area (Å²) in [7, 11) is 1.36. The average molecular weight is 517 g/mol. The highest BCUT2D eigenvalue weighted by Gasteiger charge is 2.37. The molecule has 36 heavy (non-hydrogen) atoms. The number of nitrogens with two attached hydrogens (primary N) is 1. The van der Waals surface area contributed by atoms with Gasteiger partial charge >= 0.3 is 12.4 Å². The molecule has 4 nitrogen and oxygen atoms in total. The number of amides is 1. The molecule has 0 spiro atoms. The maximum Gasteiger partial charge on any atom is 0.416 e. The number of primary amides is 1. The van der Waals surface area contributed by atoms with Gasteiger partial charge in [-0.05, 0) is 49.6 Å². The molecule has 1 atom stereocenters. The minimum Gasteiger partial charge on any atom is -0.472 e. The number of benzene rings is 1. The summed E-state index contributed by atoms with van der Waals surface area (Å²) in [5.74, 6) is -0.712. The van der Waals surface area contributed by atoms with Crippen LogP contribution in [0.2, 0.25) is 0 Å². The van der Waals surface area contributed by atoms with Crippen LogP contribution in [-0.2, 0) is 17.1 Å². The molecule has 2 aromatic rings. The van der Waals surface area contributed by atoms with Crippen LogP contribution in [0.5, 0.6) is 0 Å². The third-order valence-corrected chi connectivity index (χ3v) is 5.05. The zero-order valence-corrected chi connectivity index (χ0v) is 20.5. The molecule has 0 aliphatic carbocycles. The maximum atomic E-state index is 12.9. The fourth-order valence-electron chi connectivity index (χ4n) is 3.26. The third kappa shape index (κ3) is 9.39. The van der Waals surface area contributed by atoms with E-state index in [1.165, 1.54) is 19.6 Å². The lowest BCUT2D eigenvalue weighted by atomic mass is 9.92. The molecule has 2 N–H and O–H groups in total. The summed E-state index contributed by atoms with van der Waals surface area (Å²) in [5, 5.41) is 0. The highest BCUT2D eigenvalue weighted by Crippen LogP contribution is 2.37. The van der Waals surface area contributed by atoms with E-state index in [0.717, 1.165) is 18.4 Å². The average Bonchev–Trinajstić information content (AvgIpc) is 3.32. The number of rotatable bonds is 8. The first-order valence-corrected chi connectivity index (χ1v) is 11.2. The lowest BCUT2D eigenvalue weighted by Crippen LogP contribution is -2.17. The van der Waals surface area contributed by atoms with Gasteiger partial charge < -0.3 is 10.2 Å². The van der Waals surface area contributed by atoms with Crippen molar-refractivity contribution in [1.29, 1.82) is 0 Å². The van der Waals surface area contributed by atoms with Crippen molar-refractivity contribution in [2.24, 2.45) is 16.6 Å². The molecule has 0 saturated heterocycles. The Morgan fingerprint density at radius 2 is 1.67 bits per heavy atom. The zero-order valence-electron chi connectivity index (χ0n) is 20.5. The molecule has 0 bridgehead atoms. The van der Waals surface area contributed by atoms with Crippen molar-refractivity contribution in [3.63, 3.8) is 0 Å². The highest BCUT2D eigenvalue weighted by atomic mass is 19.4. The van der Waals surface area contributed by atoms with Crippen LogP contribution < -0.4 is 5.73 Å². The number of hydrogen-bond donors (Lipinski definition) is 1. The van der Waals surface area contributed by atoms with Crippen molar-refractivity contribution in [3.8, 4) is 0 Å². The van der Waals surface area contributed by atoms with E-state index in [4.69, 9.17) is 10.2 Å². The van der Waals surface area contributed by atoms with E-state index in [1.807, 2.05) is 13.0 Å². The molecule has 10 heteroatoms. The molecule has 0 saturated carbocycles. The Morgan fingerprint density at radius 3 is 2.06 bits per heavy atom. The quantitative estimate of drug-likeness (QED) is 0.169. The molecule has 198 valence electrons. The zero-order chi connectivity index (χ0) is 27.5. The Kier molecular flexibility index (Phi) is 11.7. The number of unbranched alkanes of at least 4 members (excludes halogenated alkanes) is 1. The molecule has 1 unspecified atom stereocenters. The summed E-state index contributed by atoms with van der Waals surface area (Å²) < 4.78 is 82.2. The van der Waals surface area contributed by atoms with E-state index >= 15 is 0 Å². The number of aliphatic imine (C=N–C) groups is 1. The first-order valence-electron chi connectivity index (χ1n) is 11.2. The minimum absolute atomic E-state index is 0.118. The van der Waals surface area contributed by atoms with Gasteiger partial charge in [0.15, 0.2) is 0 Å². The van der Waals surface area contributed by atoms with Crippen molar-refractivity contribution >= 4 is 17.2 Å². The molecular weight excluding hydrogens is 486 g/mol. The predicted octanol–water partition coefficient (Wildman–Crippen LogP) is 7.69. The molecule has 0 fully saturated rings. The van der Waals surface area contributed by atoms with Crippen molar-refractivity contribution < 1.29 is 35.6 Å².